The maximum absolute atomic E-state index is 14.4. The number of piperazine rings is 1. The third-order valence-corrected chi connectivity index (χ3v) is 5.77. The van der Waals surface area contributed by atoms with E-state index >= 15 is 0 Å². The fourth-order valence-electron chi connectivity index (χ4n) is 3.91. The second-order valence-corrected chi connectivity index (χ2v) is 7.34. The van der Waals surface area contributed by atoms with Crippen LogP contribution in [0.25, 0.3) is 0 Å². The summed E-state index contributed by atoms with van der Waals surface area (Å²) in [6.07, 6.45) is 7.37. The van der Waals surface area contributed by atoms with Gasteiger partial charge in [-0.25, -0.2) is 4.39 Å². The number of halogens is 2. The topological polar surface area (TPSA) is 15.3 Å². The number of nitrogens with one attached hydrogen (secondary N) is 1. The third-order valence-electron chi connectivity index (χ3n) is 5.13. The summed E-state index contributed by atoms with van der Waals surface area (Å²) >= 11 is 3.55. The smallest absolute Gasteiger partial charge is 0.147 e. The van der Waals surface area contributed by atoms with Crippen LogP contribution in [0.4, 0.5) is 10.1 Å². The van der Waals surface area contributed by atoms with Crippen LogP contribution in [0.5, 0.6) is 0 Å². The summed E-state index contributed by atoms with van der Waals surface area (Å²) in [6.45, 7) is 4.06. The van der Waals surface area contributed by atoms with Gasteiger partial charge in [-0.05, 0) is 47.3 Å². The van der Waals surface area contributed by atoms with Crippen molar-refractivity contribution in [2.45, 2.75) is 57.0 Å². The Hall–Kier alpha value is -0.610. The van der Waals surface area contributed by atoms with Crippen molar-refractivity contribution in [3.63, 3.8) is 0 Å². The first-order valence-corrected chi connectivity index (χ1v) is 8.90. The Balaban J connectivity index is 1.92. The van der Waals surface area contributed by atoms with Gasteiger partial charge in [0.1, 0.15) is 5.82 Å². The van der Waals surface area contributed by atoms with Crippen LogP contribution in [0.15, 0.2) is 22.7 Å². The summed E-state index contributed by atoms with van der Waals surface area (Å²) in [5.74, 6) is -0.115. The Morgan fingerprint density at radius 2 is 2.10 bits per heavy atom. The first kappa shape index (κ1) is 15.3. The van der Waals surface area contributed by atoms with Crippen LogP contribution in [0.2, 0.25) is 0 Å². The first-order valence-electron chi connectivity index (χ1n) is 8.11. The monoisotopic (exact) mass is 354 g/mol. The van der Waals surface area contributed by atoms with Gasteiger partial charge in [-0.15, -0.1) is 0 Å². The Kier molecular flexibility index (Phi) is 4.55. The number of benzene rings is 1. The Labute approximate surface area is 135 Å². The number of hydrogen-bond donors (Lipinski definition) is 1. The third kappa shape index (κ3) is 2.98. The van der Waals surface area contributed by atoms with E-state index in [0.29, 0.717) is 6.04 Å². The highest BCUT2D eigenvalue weighted by atomic mass is 79.9. The van der Waals surface area contributed by atoms with E-state index in [2.05, 4.69) is 33.1 Å². The molecule has 116 valence electrons. The van der Waals surface area contributed by atoms with Gasteiger partial charge in [0.2, 0.25) is 0 Å². The highest BCUT2D eigenvalue weighted by molar-refractivity contribution is 9.10. The molecule has 21 heavy (non-hydrogen) atoms. The Morgan fingerprint density at radius 3 is 2.76 bits per heavy atom. The molecule has 0 radical (unpaired) electrons. The summed E-state index contributed by atoms with van der Waals surface area (Å²) < 4.78 is 15.3. The van der Waals surface area contributed by atoms with Crippen LogP contribution in [-0.4, -0.2) is 24.7 Å². The minimum Gasteiger partial charge on any atom is -0.362 e. The van der Waals surface area contributed by atoms with E-state index in [9.17, 15) is 4.39 Å². The molecule has 1 aromatic rings. The Bertz CT molecular complexity index is 479. The van der Waals surface area contributed by atoms with Crippen molar-refractivity contribution in [2.24, 2.45) is 0 Å². The molecular formula is C17H24BrFN2. The van der Waals surface area contributed by atoms with Gasteiger partial charge in [0.05, 0.1) is 5.69 Å². The molecule has 0 amide bonds. The zero-order valence-electron chi connectivity index (χ0n) is 12.7. The summed E-state index contributed by atoms with van der Waals surface area (Å²) in [4.78, 5) is 2.31. The van der Waals surface area contributed by atoms with Gasteiger partial charge in [-0.2, -0.15) is 0 Å². The summed E-state index contributed by atoms with van der Waals surface area (Å²) in [5.41, 5.74) is 0.932. The first-order chi connectivity index (χ1) is 10.2. The van der Waals surface area contributed by atoms with Gasteiger partial charge in [-0.3, -0.25) is 0 Å². The average Bonchev–Trinajstić information content (AvgIpc) is 2.48. The van der Waals surface area contributed by atoms with Crippen LogP contribution >= 0.6 is 15.9 Å². The van der Waals surface area contributed by atoms with Crippen LogP contribution < -0.4 is 10.2 Å². The number of anilines is 1. The molecule has 2 nitrogen and oxygen atoms in total. The van der Waals surface area contributed by atoms with E-state index in [0.717, 1.165) is 29.7 Å². The molecule has 1 unspecified atom stereocenters. The lowest BCUT2D eigenvalue weighted by molar-refractivity contribution is 0.195. The fraction of sp³-hybridized carbons (Fsp3) is 0.647. The van der Waals surface area contributed by atoms with Crippen molar-refractivity contribution < 1.29 is 4.39 Å². The largest absolute Gasteiger partial charge is 0.362 e. The molecule has 1 aliphatic heterocycles. The molecule has 2 fully saturated rings. The number of nitrogens with zero attached hydrogens (tertiary/aromatic N) is 1. The lowest BCUT2D eigenvalue weighted by Crippen LogP contribution is -2.65. The molecule has 1 aromatic carbocycles. The lowest BCUT2D eigenvalue weighted by atomic mass is 9.79. The van der Waals surface area contributed by atoms with Crippen molar-refractivity contribution >= 4 is 21.6 Å². The van der Waals surface area contributed by atoms with Gasteiger partial charge in [0.15, 0.2) is 0 Å². The van der Waals surface area contributed by atoms with E-state index in [1.54, 1.807) is 12.1 Å². The second kappa shape index (κ2) is 6.25. The van der Waals surface area contributed by atoms with E-state index in [1.165, 1.54) is 32.1 Å². The molecule has 4 heteroatoms. The molecule has 1 aliphatic carbocycles. The highest BCUT2D eigenvalue weighted by Crippen LogP contribution is 2.38. The number of rotatable bonds is 2. The number of hydrogen-bond acceptors (Lipinski definition) is 2. The molecule has 1 heterocycles. The molecule has 3 rings (SSSR count). The SMILES string of the molecule is CCC1CNC2(CCCCC2)CN1c1c(F)cccc1Br. The fourth-order valence-corrected chi connectivity index (χ4v) is 4.48. The van der Waals surface area contributed by atoms with E-state index < -0.39 is 0 Å². The molecule has 1 saturated carbocycles. The van der Waals surface area contributed by atoms with Gasteiger partial charge in [0.25, 0.3) is 0 Å². The molecule has 0 aromatic heterocycles. The van der Waals surface area contributed by atoms with Gasteiger partial charge in [-0.1, -0.05) is 32.3 Å². The minimum atomic E-state index is -0.115. The molecule has 1 spiro atoms. The van der Waals surface area contributed by atoms with Crippen molar-refractivity contribution in [3.05, 3.63) is 28.5 Å². The average molecular weight is 355 g/mol. The standard InChI is InChI=1S/C17H24BrFN2/c1-2-13-11-20-17(9-4-3-5-10-17)12-21(13)16-14(18)7-6-8-15(16)19/h6-8,13,20H,2-5,9-12H2,1H3. The van der Waals surface area contributed by atoms with Crippen LogP contribution in [0.3, 0.4) is 0 Å². The van der Waals surface area contributed by atoms with Crippen LogP contribution in [0.1, 0.15) is 45.4 Å². The summed E-state index contributed by atoms with van der Waals surface area (Å²) in [6, 6.07) is 5.65. The highest BCUT2D eigenvalue weighted by Gasteiger charge is 2.40. The molecule has 1 saturated heterocycles. The minimum absolute atomic E-state index is 0.115. The molecular weight excluding hydrogens is 331 g/mol. The zero-order chi connectivity index (χ0) is 14.9. The normalized spacial score (nSPS) is 25.3. The van der Waals surface area contributed by atoms with Gasteiger partial charge >= 0.3 is 0 Å². The quantitative estimate of drug-likeness (QED) is 0.842. The number of para-hydroxylation sites is 1. The van der Waals surface area contributed by atoms with Crippen molar-refractivity contribution in [2.75, 3.05) is 18.0 Å². The van der Waals surface area contributed by atoms with E-state index in [4.69, 9.17) is 0 Å². The van der Waals surface area contributed by atoms with Gasteiger partial charge in [0, 0.05) is 29.1 Å². The maximum atomic E-state index is 14.4. The summed E-state index contributed by atoms with van der Waals surface area (Å²) in [7, 11) is 0. The molecule has 1 N–H and O–H groups in total. The van der Waals surface area contributed by atoms with E-state index in [-0.39, 0.29) is 11.4 Å². The van der Waals surface area contributed by atoms with Crippen LogP contribution in [0, 0.1) is 5.82 Å². The zero-order valence-corrected chi connectivity index (χ0v) is 14.3. The van der Waals surface area contributed by atoms with Crippen molar-refractivity contribution in [3.8, 4) is 0 Å². The van der Waals surface area contributed by atoms with Gasteiger partial charge < -0.3 is 10.2 Å². The molecule has 2 aliphatic rings. The second-order valence-electron chi connectivity index (χ2n) is 6.48. The molecule has 0 bridgehead atoms. The van der Waals surface area contributed by atoms with Crippen molar-refractivity contribution in [1.82, 2.24) is 5.32 Å². The van der Waals surface area contributed by atoms with Crippen molar-refractivity contribution in [1.29, 1.82) is 0 Å². The lowest BCUT2D eigenvalue weighted by Gasteiger charge is -2.50. The maximum Gasteiger partial charge on any atom is 0.147 e. The predicted molar refractivity (Wildman–Crippen MR) is 89.3 cm³/mol. The molecule has 1 atom stereocenters. The summed E-state index contributed by atoms with van der Waals surface area (Å²) in [5, 5.41) is 3.79. The van der Waals surface area contributed by atoms with E-state index in [1.807, 2.05) is 6.07 Å². The Morgan fingerprint density at radius 1 is 1.33 bits per heavy atom. The predicted octanol–water partition coefficient (Wildman–Crippen LogP) is 4.48. The van der Waals surface area contributed by atoms with Crippen LogP contribution in [-0.2, 0) is 0 Å².